The predicted molar refractivity (Wildman–Crippen MR) is 62.5 cm³/mol. The van der Waals surface area contributed by atoms with E-state index in [1.165, 1.54) is 0 Å². The molecule has 1 aromatic rings. The molecule has 0 N–H and O–H groups in total. The first-order valence-electron chi connectivity index (χ1n) is 4.59. The number of morpholine rings is 1. The Morgan fingerprint density at radius 1 is 1.36 bits per heavy atom. The van der Waals surface area contributed by atoms with Crippen molar-refractivity contribution in [2.45, 2.75) is 6.92 Å². The summed E-state index contributed by atoms with van der Waals surface area (Å²) in [4.78, 5) is 10.7. The molecule has 14 heavy (non-hydrogen) atoms. The second-order valence-corrected chi connectivity index (χ2v) is 4.27. The molecule has 0 aliphatic carbocycles. The average molecular weight is 305 g/mol. The number of hydrogen-bond acceptors (Lipinski definition) is 4. The van der Waals surface area contributed by atoms with Crippen LogP contribution in [-0.2, 0) is 4.74 Å². The van der Waals surface area contributed by atoms with Gasteiger partial charge in [-0.25, -0.2) is 9.97 Å². The predicted octanol–water partition coefficient (Wildman–Crippen LogP) is 1.23. The van der Waals surface area contributed by atoms with E-state index in [0.29, 0.717) is 0 Å². The average Bonchev–Trinajstić information content (AvgIpc) is 2.23. The van der Waals surface area contributed by atoms with E-state index in [1.54, 1.807) is 6.33 Å². The Morgan fingerprint density at radius 2 is 2.07 bits per heavy atom. The van der Waals surface area contributed by atoms with Crippen LogP contribution in [0.3, 0.4) is 0 Å². The van der Waals surface area contributed by atoms with Gasteiger partial charge in [0.1, 0.15) is 12.1 Å². The van der Waals surface area contributed by atoms with Crippen LogP contribution in [0, 0.1) is 10.5 Å². The van der Waals surface area contributed by atoms with Gasteiger partial charge in [-0.1, -0.05) is 0 Å². The highest BCUT2D eigenvalue weighted by Gasteiger charge is 2.16. The van der Waals surface area contributed by atoms with Crippen molar-refractivity contribution in [1.82, 2.24) is 9.97 Å². The fraction of sp³-hybridized carbons (Fsp3) is 0.556. The van der Waals surface area contributed by atoms with Crippen molar-refractivity contribution in [2.24, 2.45) is 0 Å². The fourth-order valence-corrected chi connectivity index (χ4v) is 2.06. The molecule has 2 rings (SSSR count). The molecule has 1 saturated heterocycles. The van der Waals surface area contributed by atoms with Gasteiger partial charge in [-0.05, 0) is 29.5 Å². The Bertz CT molecular complexity index is 326. The first kappa shape index (κ1) is 10.1. The van der Waals surface area contributed by atoms with Crippen molar-refractivity contribution >= 4 is 28.4 Å². The zero-order chi connectivity index (χ0) is 9.97. The van der Waals surface area contributed by atoms with Crippen molar-refractivity contribution < 1.29 is 4.74 Å². The van der Waals surface area contributed by atoms with E-state index in [1.807, 2.05) is 6.92 Å². The van der Waals surface area contributed by atoms with Crippen molar-refractivity contribution in [2.75, 3.05) is 31.2 Å². The van der Waals surface area contributed by atoms with Gasteiger partial charge in [0, 0.05) is 13.1 Å². The van der Waals surface area contributed by atoms with Crippen molar-refractivity contribution in [3.8, 4) is 0 Å². The van der Waals surface area contributed by atoms with Crippen LogP contribution < -0.4 is 4.90 Å². The Morgan fingerprint density at radius 3 is 2.79 bits per heavy atom. The number of aryl methyl sites for hydroxylation is 1. The minimum Gasteiger partial charge on any atom is -0.378 e. The molecule has 1 aliphatic heterocycles. The molecule has 0 spiro atoms. The lowest BCUT2D eigenvalue weighted by molar-refractivity contribution is 0.122. The molecule has 0 radical (unpaired) electrons. The van der Waals surface area contributed by atoms with Crippen LogP contribution in [0.2, 0.25) is 0 Å². The van der Waals surface area contributed by atoms with E-state index in [4.69, 9.17) is 4.74 Å². The van der Waals surface area contributed by atoms with E-state index in [0.717, 1.165) is 41.4 Å². The Labute approximate surface area is 96.8 Å². The molecular formula is C9H12IN3O. The number of hydrogen-bond donors (Lipinski definition) is 0. The molecule has 0 amide bonds. The van der Waals surface area contributed by atoms with Gasteiger partial charge < -0.3 is 9.64 Å². The Balaban J connectivity index is 2.26. The maximum atomic E-state index is 5.30. The van der Waals surface area contributed by atoms with Gasteiger partial charge >= 0.3 is 0 Å². The summed E-state index contributed by atoms with van der Waals surface area (Å²) in [6, 6.07) is 0. The van der Waals surface area contributed by atoms with Gasteiger partial charge in [-0.2, -0.15) is 0 Å². The zero-order valence-electron chi connectivity index (χ0n) is 8.03. The second-order valence-electron chi connectivity index (χ2n) is 3.20. The minimum atomic E-state index is 0.791. The molecule has 0 aromatic carbocycles. The third-order valence-corrected chi connectivity index (χ3v) is 3.52. The molecule has 1 fully saturated rings. The number of nitrogens with zero attached hydrogens (tertiary/aromatic N) is 3. The molecule has 0 unspecified atom stereocenters. The van der Waals surface area contributed by atoms with Gasteiger partial charge in [-0.15, -0.1) is 0 Å². The Kier molecular flexibility index (Phi) is 3.17. The maximum Gasteiger partial charge on any atom is 0.145 e. The monoisotopic (exact) mass is 305 g/mol. The third-order valence-electron chi connectivity index (χ3n) is 2.26. The van der Waals surface area contributed by atoms with Gasteiger partial charge in [0.25, 0.3) is 0 Å². The summed E-state index contributed by atoms with van der Waals surface area (Å²) in [6.45, 7) is 5.44. The van der Waals surface area contributed by atoms with Gasteiger partial charge in [-0.3, -0.25) is 0 Å². The van der Waals surface area contributed by atoms with Crippen LogP contribution >= 0.6 is 22.6 Å². The quantitative estimate of drug-likeness (QED) is 0.732. The van der Waals surface area contributed by atoms with Crippen LogP contribution in [0.1, 0.15) is 5.69 Å². The molecule has 5 heteroatoms. The smallest absolute Gasteiger partial charge is 0.145 e. The summed E-state index contributed by atoms with van der Waals surface area (Å²) >= 11 is 2.30. The van der Waals surface area contributed by atoms with Crippen LogP contribution in [-0.4, -0.2) is 36.3 Å². The first-order valence-corrected chi connectivity index (χ1v) is 5.66. The van der Waals surface area contributed by atoms with Crippen LogP contribution in [0.15, 0.2) is 6.33 Å². The van der Waals surface area contributed by atoms with Gasteiger partial charge in [0.05, 0.1) is 22.5 Å². The number of halogens is 1. The molecule has 0 bridgehead atoms. The van der Waals surface area contributed by atoms with Crippen LogP contribution in [0.5, 0.6) is 0 Å². The maximum absolute atomic E-state index is 5.30. The highest BCUT2D eigenvalue weighted by atomic mass is 127. The summed E-state index contributed by atoms with van der Waals surface area (Å²) in [5, 5.41) is 0. The summed E-state index contributed by atoms with van der Waals surface area (Å²) in [6.07, 6.45) is 1.63. The standard InChI is InChI=1S/C9H12IN3O/c1-7-8(10)9(12-6-11-7)13-2-4-14-5-3-13/h6H,2-5H2,1H3. The number of aromatic nitrogens is 2. The van der Waals surface area contributed by atoms with Crippen molar-refractivity contribution in [3.63, 3.8) is 0 Å². The fourth-order valence-electron chi connectivity index (χ4n) is 1.44. The van der Waals surface area contributed by atoms with Crippen molar-refractivity contribution in [1.29, 1.82) is 0 Å². The number of rotatable bonds is 1. The van der Waals surface area contributed by atoms with E-state index in [2.05, 4.69) is 37.5 Å². The summed E-state index contributed by atoms with van der Waals surface area (Å²) < 4.78 is 6.45. The molecule has 0 saturated carbocycles. The molecule has 1 aliphatic rings. The van der Waals surface area contributed by atoms with Gasteiger partial charge in [0.15, 0.2) is 0 Å². The lowest BCUT2D eigenvalue weighted by Gasteiger charge is -2.28. The molecule has 2 heterocycles. The van der Waals surface area contributed by atoms with E-state index >= 15 is 0 Å². The van der Waals surface area contributed by atoms with Gasteiger partial charge in [0.2, 0.25) is 0 Å². The normalized spacial score (nSPS) is 17.1. The lowest BCUT2D eigenvalue weighted by Crippen LogP contribution is -2.37. The lowest BCUT2D eigenvalue weighted by atomic mass is 10.3. The molecule has 4 nitrogen and oxygen atoms in total. The van der Waals surface area contributed by atoms with Crippen LogP contribution in [0.25, 0.3) is 0 Å². The summed E-state index contributed by atoms with van der Waals surface area (Å²) in [5.74, 6) is 1.04. The zero-order valence-corrected chi connectivity index (χ0v) is 10.2. The summed E-state index contributed by atoms with van der Waals surface area (Å²) in [5.41, 5.74) is 1.04. The molecular weight excluding hydrogens is 293 g/mol. The van der Waals surface area contributed by atoms with Crippen molar-refractivity contribution in [3.05, 3.63) is 15.6 Å². The molecule has 76 valence electrons. The first-order chi connectivity index (χ1) is 6.79. The third kappa shape index (κ3) is 1.98. The van der Waals surface area contributed by atoms with Crippen LogP contribution in [0.4, 0.5) is 5.82 Å². The highest BCUT2D eigenvalue weighted by Crippen LogP contribution is 2.21. The summed E-state index contributed by atoms with van der Waals surface area (Å²) in [7, 11) is 0. The topological polar surface area (TPSA) is 38.2 Å². The number of ether oxygens (including phenoxy) is 1. The molecule has 0 atom stereocenters. The number of anilines is 1. The Hall–Kier alpha value is -0.430. The van der Waals surface area contributed by atoms with E-state index < -0.39 is 0 Å². The van der Waals surface area contributed by atoms with E-state index in [-0.39, 0.29) is 0 Å². The largest absolute Gasteiger partial charge is 0.378 e. The van der Waals surface area contributed by atoms with E-state index in [9.17, 15) is 0 Å². The SMILES string of the molecule is Cc1ncnc(N2CCOCC2)c1I. The minimum absolute atomic E-state index is 0.791. The molecule has 1 aromatic heterocycles. The second kappa shape index (κ2) is 4.39. The highest BCUT2D eigenvalue weighted by molar-refractivity contribution is 14.1.